The molecule has 0 radical (unpaired) electrons. The number of likely N-dealkylation sites (N-methyl/N-ethyl adjacent to an activating group) is 1. The molecule has 0 amide bonds. The number of hydrogen-bond acceptors (Lipinski definition) is 3. The van der Waals surface area contributed by atoms with Gasteiger partial charge in [-0.15, -0.1) is 0 Å². The van der Waals surface area contributed by atoms with Crippen molar-refractivity contribution in [1.82, 2.24) is 4.90 Å². The molecule has 4 heteroatoms. The van der Waals surface area contributed by atoms with Crippen molar-refractivity contribution in [3.05, 3.63) is 23.2 Å². The summed E-state index contributed by atoms with van der Waals surface area (Å²) < 4.78 is 0. The minimum atomic E-state index is 0.648. The van der Waals surface area contributed by atoms with E-state index in [9.17, 15) is 0 Å². The number of para-hydroxylation sites is 1. The van der Waals surface area contributed by atoms with Gasteiger partial charge in [-0.2, -0.15) is 0 Å². The van der Waals surface area contributed by atoms with E-state index < -0.39 is 0 Å². The normalized spacial score (nSPS) is 18.5. The third kappa shape index (κ3) is 2.42. The molecule has 88 valence electrons. The summed E-state index contributed by atoms with van der Waals surface area (Å²) in [7, 11) is 2.16. The zero-order valence-electron chi connectivity index (χ0n) is 9.62. The predicted octanol–water partition coefficient (Wildman–Crippen LogP) is 2.06. The van der Waals surface area contributed by atoms with Crippen LogP contribution < -0.4 is 10.6 Å². The van der Waals surface area contributed by atoms with Crippen LogP contribution in [-0.2, 0) is 0 Å². The summed E-state index contributed by atoms with van der Waals surface area (Å²) in [6.45, 7) is 4.29. The largest absolute Gasteiger partial charge is 0.396 e. The molecule has 0 bridgehead atoms. The van der Waals surface area contributed by atoms with Crippen molar-refractivity contribution in [3.8, 4) is 0 Å². The van der Waals surface area contributed by atoms with Crippen LogP contribution in [0.2, 0.25) is 5.02 Å². The molecule has 1 aromatic rings. The van der Waals surface area contributed by atoms with Crippen LogP contribution >= 0.6 is 11.6 Å². The van der Waals surface area contributed by atoms with Gasteiger partial charge in [0, 0.05) is 19.6 Å². The Morgan fingerprint density at radius 1 is 1.19 bits per heavy atom. The summed E-state index contributed by atoms with van der Waals surface area (Å²) in [5.74, 6) is 0. The van der Waals surface area contributed by atoms with Crippen LogP contribution in [-0.4, -0.2) is 38.1 Å². The topological polar surface area (TPSA) is 32.5 Å². The molecule has 0 spiro atoms. The lowest BCUT2D eigenvalue weighted by molar-refractivity contribution is 0.360. The van der Waals surface area contributed by atoms with E-state index in [1.165, 1.54) is 6.42 Å². The number of nitrogens with two attached hydrogens (primary N) is 1. The van der Waals surface area contributed by atoms with Crippen LogP contribution in [0.25, 0.3) is 0 Å². The molecular formula is C12H18ClN3. The number of nitrogens with zero attached hydrogens (tertiary/aromatic N) is 2. The first-order valence-corrected chi connectivity index (χ1v) is 6.04. The molecule has 0 aromatic heterocycles. The van der Waals surface area contributed by atoms with E-state index >= 15 is 0 Å². The molecule has 1 saturated heterocycles. The molecular weight excluding hydrogens is 222 g/mol. The highest BCUT2D eigenvalue weighted by molar-refractivity contribution is 6.33. The van der Waals surface area contributed by atoms with Crippen molar-refractivity contribution in [2.24, 2.45) is 0 Å². The zero-order chi connectivity index (χ0) is 11.5. The van der Waals surface area contributed by atoms with Crippen LogP contribution in [0.4, 0.5) is 11.4 Å². The second kappa shape index (κ2) is 4.93. The van der Waals surface area contributed by atoms with E-state index in [4.69, 9.17) is 17.3 Å². The van der Waals surface area contributed by atoms with Gasteiger partial charge in [0.25, 0.3) is 0 Å². The molecule has 3 nitrogen and oxygen atoms in total. The lowest BCUT2D eigenvalue weighted by Gasteiger charge is -2.24. The third-order valence-corrected chi connectivity index (χ3v) is 3.42. The summed E-state index contributed by atoms with van der Waals surface area (Å²) >= 11 is 6.04. The summed E-state index contributed by atoms with van der Waals surface area (Å²) in [5, 5.41) is 0.648. The molecule has 16 heavy (non-hydrogen) atoms. The van der Waals surface area contributed by atoms with Crippen molar-refractivity contribution in [2.75, 3.05) is 43.9 Å². The Morgan fingerprint density at radius 2 is 2.00 bits per heavy atom. The maximum absolute atomic E-state index is 6.04. The average molecular weight is 240 g/mol. The van der Waals surface area contributed by atoms with E-state index in [0.29, 0.717) is 10.7 Å². The van der Waals surface area contributed by atoms with Crippen LogP contribution in [0.3, 0.4) is 0 Å². The summed E-state index contributed by atoms with van der Waals surface area (Å²) in [4.78, 5) is 4.67. The Morgan fingerprint density at radius 3 is 2.81 bits per heavy atom. The van der Waals surface area contributed by atoms with Crippen LogP contribution in [0.15, 0.2) is 18.2 Å². The highest BCUT2D eigenvalue weighted by atomic mass is 35.5. The van der Waals surface area contributed by atoms with Gasteiger partial charge in [0.1, 0.15) is 0 Å². The molecule has 1 fully saturated rings. The van der Waals surface area contributed by atoms with Gasteiger partial charge >= 0.3 is 0 Å². The van der Waals surface area contributed by atoms with Crippen LogP contribution in [0.1, 0.15) is 6.42 Å². The highest BCUT2D eigenvalue weighted by Gasteiger charge is 2.15. The number of nitrogen functional groups attached to an aromatic ring is 1. The van der Waals surface area contributed by atoms with Crippen molar-refractivity contribution < 1.29 is 0 Å². The Bertz CT molecular complexity index is 367. The van der Waals surface area contributed by atoms with E-state index in [0.717, 1.165) is 31.9 Å². The first-order valence-electron chi connectivity index (χ1n) is 5.66. The van der Waals surface area contributed by atoms with Gasteiger partial charge in [-0.05, 0) is 32.1 Å². The van der Waals surface area contributed by atoms with Gasteiger partial charge in [0.05, 0.1) is 16.4 Å². The molecule has 1 aliphatic heterocycles. The standard InChI is InChI=1S/C12H18ClN3/c1-15-6-3-7-16(9-8-15)11-5-2-4-10(13)12(11)14/h2,4-5H,3,6-9,14H2,1H3. The van der Waals surface area contributed by atoms with Crippen molar-refractivity contribution in [3.63, 3.8) is 0 Å². The number of rotatable bonds is 1. The Hall–Kier alpha value is -0.930. The molecule has 1 aromatic carbocycles. The number of halogens is 1. The number of benzene rings is 1. The maximum Gasteiger partial charge on any atom is 0.0741 e. The SMILES string of the molecule is CN1CCCN(c2cccc(Cl)c2N)CC1. The first kappa shape index (κ1) is 11.6. The minimum absolute atomic E-state index is 0.648. The second-order valence-corrected chi connectivity index (χ2v) is 4.72. The quantitative estimate of drug-likeness (QED) is 0.762. The van der Waals surface area contributed by atoms with Gasteiger partial charge in [0.15, 0.2) is 0 Å². The Balaban J connectivity index is 2.20. The van der Waals surface area contributed by atoms with E-state index in [1.807, 2.05) is 18.2 Å². The predicted molar refractivity (Wildman–Crippen MR) is 70.2 cm³/mol. The van der Waals surface area contributed by atoms with Crippen LogP contribution in [0.5, 0.6) is 0 Å². The first-order chi connectivity index (χ1) is 7.68. The third-order valence-electron chi connectivity index (χ3n) is 3.09. The molecule has 1 aliphatic rings. The minimum Gasteiger partial charge on any atom is -0.396 e. The molecule has 1 heterocycles. The lowest BCUT2D eigenvalue weighted by Crippen LogP contribution is -2.29. The molecule has 2 rings (SSSR count). The monoisotopic (exact) mass is 239 g/mol. The molecule has 0 atom stereocenters. The smallest absolute Gasteiger partial charge is 0.0741 e. The Labute approximate surface area is 102 Å². The molecule has 0 saturated carbocycles. The summed E-state index contributed by atoms with van der Waals surface area (Å²) in [5.41, 5.74) is 7.79. The highest BCUT2D eigenvalue weighted by Crippen LogP contribution is 2.30. The van der Waals surface area contributed by atoms with E-state index in [2.05, 4.69) is 16.8 Å². The second-order valence-electron chi connectivity index (χ2n) is 4.32. The Kier molecular flexibility index (Phi) is 3.56. The summed E-state index contributed by atoms with van der Waals surface area (Å²) in [6, 6.07) is 5.85. The number of anilines is 2. The van der Waals surface area contributed by atoms with Gasteiger partial charge in [-0.3, -0.25) is 0 Å². The van der Waals surface area contributed by atoms with Crippen molar-refractivity contribution >= 4 is 23.0 Å². The van der Waals surface area contributed by atoms with Gasteiger partial charge in [0.2, 0.25) is 0 Å². The maximum atomic E-state index is 6.04. The molecule has 0 unspecified atom stereocenters. The zero-order valence-corrected chi connectivity index (χ0v) is 10.4. The van der Waals surface area contributed by atoms with Gasteiger partial charge in [-0.1, -0.05) is 17.7 Å². The molecule has 0 aliphatic carbocycles. The fourth-order valence-corrected chi connectivity index (χ4v) is 2.26. The van der Waals surface area contributed by atoms with Crippen molar-refractivity contribution in [2.45, 2.75) is 6.42 Å². The number of hydrogen-bond donors (Lipinski definition) is 1. The lowest BCUT2D eigenvalue weighted by atomic mass is 10.2. The average Bonchev–Trinajstić information content (AvgIpc) is 2.47. The fraction of sp³-hybridized carbons (Fsp3) is 0.500. The van der Waals surface area contributed by atoms with Gasteiger partial charge in [-0.25, -0.2) is 0 Å². The van der Waals surface area contributed by atoms with Crippen LogP contribution in [0, 0.1) is 0 Å². The van der Waals surface area contributed by atoms with E-state index in [1.54, 1.807) is 0 Å². The van der Waals surface area contributed by atoms with Gasteiger partial charge < -0.3 is 15.5 Å². The fourth-order valence-electron chi connectivity index (χ4n) is 2.09. The van der Waals surface area contributed by atoms with E-state index in [-0.39, 0.29) is 0 Å². The molecule has 2 N–H and O–H groups in total. The van der Waals surface area contributed by atoms with Crippen molar-refractivity contribution in [1.29, 1.82) is 0 Å². The summed E-state index contributed by atoms with van der Waals surface area (Å²) in [6.07, 6.45) is 1.17.